The van der Waals surface area contributed by atoms with E-state index in [0.29, 0.717) is 51.4 Å². The van der Waals surface area contributed by atoms with Gasteiger partial charge in [0.1, 0.15) is 0 Å². The van der Waals surface area contributed by atoms with Crippen molar-refractivity contribution in [2.45, 2.75) is 12.5 Å². The molecule has 3 rings (SSSR count). The van der Waals surface area contributed by atoms with E-state index >= 15 is 0 Å². The number of nitro benzene ring substituents is 1. The van der Waals surface area contributed by atoms with Crippen LogP contribution in [0.15, 0.2) is 24.3 Å². The summed E-state index contributed by atoms with van der Waals surface area (Å²) in [5, 5.41) is 14.0. The van der Waals surface area contributed by atoms with E-state index in [0.717, 1.165) is 6.54 Å². The second-order valence-electron chi connectivity index (χ2n) is 6.41. The second-order valence-corrected chi connectivity index (χ2v) is 6.41. The average Bonchev–Trinajstić information content (AvgIpc) is 2.68. The smallest absolute Gasteiger partial charge is 0.269 e. The Labute approximate surface area is 151 Å². The predicted molar refractivity (Wildman–Crippen MR) is 92.8 cm³/mol. The number of ether oxygens (including phenoxy) is 1. The maximum absolute atomic E-state index is 12.5. The second kappa shape index (κ2) is 8.24. The number of carbonyl (C=O) groups excluding carboxylic acids is 2. The topological polar surface area (TPSA) is 105 Å². The molecule has 140 valence electrons. The molecule has 1 aromatic carbocycles. The van der Waals surface area contributed by atoms with Crippen LogP contribution < -0.4 is 5.32 Å². The van der Waals surface area contributed by atoms with Gasteiger partial charge in [-0.05, 0) is 12.1 Å². The molecule has 26 heavy (non-hydrogen) atoms. The molecule has 2 aliphatic rings. The Hall–Kier alpha value is -2.52. The maximum Gasteiger partial charge on any atom is 0.269 e. The molecule has 0 spiro atoms. The van der Waals surface area contributed by atoms with E-state index in [2.05, 4.69) is 5.32 Å². The largest absolute Gasteiger partial charge is 0.378 e. The predicted octanol–water partition coefficient (Wildman–Crippen LogP) is 0.258. The number of piperazine rings is 1. The van der Waals surface area contributed by atoms with Crippen LogP contribution in [0.4, 0.5) is 5.69 Å². The van der Waals surface area contributed by atoms with Gasteiger partial charge in [-0.1, -0.05) is 0 Å². The Morgan fingerprint density at radius 1 is 1.15 bits per heavy atom. The molecule has 2 heterocycles. The molecular formula is C17H22N4O5. The van der Waals surface area contributed by atoms with E-state index < -0.39 is 4.92 Å². The number of benzene rings is 1. The summed E-state index contributed by atoms with van der Waals surface area (Å²) in [6, 6.07) is 5.63. The summed E-state index contributed by atoms with van der Waals surface area (Å²) in [5.41, 5.74) is 0.371. The Balaban J connectivity index is 1.50. The molecule has 1 N–H and O–H groups in total. The molecule has 0 radical (unpaired) electrons. The third-order valence-corrected chi connectivity index (χ3v) is 4.66. The first-order valence-electron chi connectivity index (χ1n) is 8.67. The Morgan fingerprint density at radius 3 is 2.38 bits per heavy atom. The number of nitrogens with zero attached hydrogens (tertiary/aromatic N) is 3. The lowest BCUT2D eigenvalue weighted by Gasteiger charge is -2.36. The van der Waals surface area contributed by atoms with Crippen LogP contribution >= 0.6 is 0 Å². The van der Waals surface area contributed by atoms with Crippen molar-refractivity contribution in [2.75, 3.05) is 45.9 Å². The molecule has 0 aliphatic carbocycles. The van der Waals surface area contributed by atoms with Crippen LogP contribution in [0.1, 0.15) is 16.8 Å². The summed E-state index contributed by atoms with van der Waals surface area (Å²) in [6.07, 6.45) is 0.399. The minimum Gasteiger partial charge on any atom is -0.378 e. The van der Waals surface area contributed by atoms with Gasteiger partial charge in [0, 0.05) is 62.9 Å². The highest BCUT2D eigenvalue weighted by atomic mass is 16.6. The Kier molecular flexibility index (Phi) is 5.79. The number of hydrogen-bond donors (Lipinski definition) is 1. The average molecular weight is 362 g/mol. The van der Waals surface area contributed by atoms with Crippen molar-refractivity contribution in [3.05, 3.63) is 39.9 Å². The monoisotopic (exact) mass is 362 g/mol. The lowest BCUT2D eigenvalue weighted by atomic mass is 10.1. The number of rotatable bonds is 4. The zero-order valence-corrected chi connectivity index (χ0v) is 14.4. The zero-order chi connectivity index (χ0) is 18.5. The fraction of sp³-hybridized carbons (Fsp3) is 0.529. The third kappa shape index (κ3) is 4.36. The number of carbonyl (C=O) groups is 2. The van der Waals surface area contributed by atoms with Gasteiger partial charge >= 0.3 is 0 Å². The SMILES string of the molecule is O=C(CC1COCCN1)N1CCN(C(=O)c2ccc([N+](=O)[O-])cc2)CC1. The van der Waals surface area contributed by atoms with Crippen molar-refractivity contribution in [1.82, 2.24) is 15.1 Å². The molecule has 9 heteroatoms. The normalized spacial score (nSPS) is 20.7. The van der Waals surface area contributed by atoms with Gasteiger partial charge in [0.2, 0.25) is 5.91 Å². The van der Waals surface area contributed by atoms with E-state index in [1.54, 1.807) is 9.80 Å². The molecule has 1 atom stereocenters. The fourth-order valence-corrected chi connectivity index (χ4v) is 3.16. The molecule has 2 fully saturated rings. The zero-order valence-electron chi connectivity index (χ0n) is 14.4. The van der Waals surface area contributed by atoms with Crippen molar-refractivity contribution in [3.8, 4) is 0 Å². The van der Waals surface area contributed by atoms with Gasteiger partial charge < -0.3 is 19.9 Å². The highest BCUT2D eigenvalue weighted by Gasteiger charge is 2.27. The van der Waals surface area contributed by atoms with Crippen molar-refractivity contribution >= 4 is 17.5 Å². The molecule has 2 amide bonds. The third-order valence-electron chi connectivity index (χ3n) is 4.66. The minimum absolute atomic E-state index is 0.0442. The summed E-state index contributed by atoms with van der Waals surface area (Å²) in [5.74, 6) is -0.107. The number of morpholine rings is 1. The number of hydrogen-bond acceptors (Lipinski definition) is 6. The van der Waals surface area contributed by atoms with Gasteiger partial charge in [-0.3, -0.25) is 19.7 Å². The Bertz CT molecular complexity index is 664. The maximum atomic E-state index is 12.5. The number of non-ortho nitro benzene ring substituents is 1. The first kappa shape index (κ1) is 18.3. The lowest BCUT2D eigenvalue weighted by molar-refractivity contribution is -0.384. The molecular weight excluding hydrogens is 340 g/mol. The van der Waals surface area contributed by atoms with Crippen LogP contribution in [-0.4, -0.2) is 78.5 Å². The molecule has 2 aliphatic heterocycles. The van der Waals surface area contributed by atoms with Gasteiger partial charge in [-0.2, -0.15) is 0 Å². The summed E-state index contributed by atoms with van der Waals surface area (Å²) in [6.45, 7) is 3.87. The quantitative estimate of drug-likeness (QED) is 0.608. The van der Waals surface area contributed by atoms with Crippen molar-refractivity contribution in [1.29, 1.82) is 0 Å². The van der Waals surface area contributed by atoms with Gasteiger partial charge in [-0.15, -0.1) is 0 Å². The van der Waals surface area contributed by atoms with Crippen LogP contribution in [-0.2, 0) is 9.53 Å². The minimum atomic E-state index is -0.495. The van der Waals surface area contributed by atoms with Crippen LogP contribution in [0.5, 0.6) is 0 Å². The molecule has 0 aromatic heterocycles. The molecule has 0 bridgehead atoms. The van der Waals surface area contributed by atoms with Crippen molar-refractivity contribution < 1.29 is 19.2 Å². The number of nitrogens with one attached hydrogen (secondary N) is 1. The van der Waals surface area contributed by atoms with Crippen molar-refractivity contribution in [2.24, 2.45) is 0 Å². The van der Waals surface area contributed by atoms with Crippen LogP contribution in [0.25, 0.3) is 0 Å². The first-order chi connectivity index (χ1) is 12.5. The molecule has 1 unspecified atom stereocenters. The summed E-state index contributed by atoms with van der Waals surface area (Å²) in [7, 11) is 0. The Morgan fingerprint density at radius 2 is 1.81 bits per heavy atom. The highest BCUT2D eigenvalue weighted by Crippen LogP contribution is 2.15. The van der Waals surface area contributed by atoms with E-state index in [4.69, 9.17) is 4.74 Å². The van der Waals surface area contributed by atoms with E-state index in [1.165, 1.54) is 24.3 Å². The number of nitro groups is 1. The van der Waals surface area contributed by atoms with Gasteiger partial charge in [0.05, 0.1) is 18.1 Å². The van der Waals surface area contributed by atoms with Crippen LogP contribution in [0.3, 0.4) is 0 Å². The molecule has 1 aromatic rings. The molecule has 2 saturated heterocycles. The van der Waals surface area contributed by atoms with Gasteiger partial charge in [-0.25, -0.2) is 0 Å². The summed E-state index contributed by atoms with van der Waals surface area (Å²) >= 11 is 0. The highest BCUT2D eigenvalue weighted by molar-refractivity contribution is 5.94. The van der Waals surface area contributed by atoms with Crippen LogP contribution in [0, 0.1) is 10.1 Å². The lowest BCUT2D eigenvalue weighted by Crippen LogP contribution is -2.52. The van der Waals surface area contributed by atoms with Gasteiger partial charge in [0.15, 0.2) is 0 Å². The van der Waals surface area contributed by atoms with E-state index in [-0.39, 0.29) is 23.5 Å². The summed E-state index contributed by atoms with van der Waals surface area (Å²) < 4.78 is 5.36. The standard InChI is InChI=1S/C17H22N4O5/c22-16(11-14-12-26-10-5-18-14)19-6-8-20(9-7-19)17(23)13-1-3-15(4-2-13)21(24)25/h1-4,14,18H,5-12H2. The molecule has 9 nitrogen and oxygen atoms in total. The van der Waals surface area contributed by atoms with Gasteiger partial charge in [0.25, 0.3) is 11.6 Å². The number of amides is 2. The first-order valence-corrected chi connectivity index (χ1v) is 8.67. The molecule has 0 saturated carbocycles. The van der Waals surface area contributed by atoms with E-state index in [9.17, 15) is 19.7 Å². The van der Waals surface area contributed by atoms with E-state index in [1.807, 2.05) is 0 Å². The fourth-order valence-electron chi connectivity index (χ4n) is 3.16. The van der Waals surface area contributed by atoms with Crippen LogP contribution in [0.2, 0.25) is 0 Å². The van der Waals surface area contributed by atoms with Crippen molar-refractivity contribution in [3.63, 3.8) is 0 Å². The summed E-state index contributed by atoms with van der Waals surface area (Å²) in [4.78, 5) is 38.5.